The lowest BCUT2D eigenvalue weighted by atomic mass is 9.93. The molecule has 2 amide bonds. The fourth-order valence-electron chi connectivity index (χ4n) is 3.79. The van der Waals surface area contributed by atoms with Gasteiger partial charge < -0.3 is 10.1 Å². The van der Waals surface area contributed by atoms with Gasteiger partial charge in [0.25, 0.3) is 0 Å². The van der Waals surface area contributed by atoms with E-state index in [9.17, 15) is 4.79 Å². The van der Waals surface area contributed by atoms with Crippen LogP contribution in [0.4, 0.5) is 4.79 Å². The Labute approximate surface area is 160 Å². The molecule has 5 nitrogen and oxygen atoms in total. The third-order valence-electron chi connectivity index (χ3n) is 5.22. The lowest BCUT2D eigenvalue weighted by Gasteiger charge is -2.24. The Balaban J connectivity index is 1.69. The molecule has 0 bridgehead atoms. The first kappa shape index (κ1) is 19.2. The van der Waals surface area contributed by atoms with E-state index in [1.165, 1.54) is 19.3 Å². The summed E-state index contributed by atoms with van der Waals surface area (Å²) in [7, 11) is 1.72. The van der Waals surface area contributed by atoms with E-state index in [0.717, 1.165) is 43.6 Å². The zero-order valence-electron chi connectivity index (χ0n) is 15.4. The van der Waals surface area contributed by atoms with Crippen LogP contribution < -0.4 is 5.32 Å². The van der Waals surface area contributed by atoms with E-state index in [4.69, 9.17) is 16.3 Å². The molecule has 1 aliphatic carbocycles. The van der Waals surface area contributed by atoms with Crippen molar-refractivity contribution < 1.29 is 9.53 Å². The fourth-order valence-corrected chi connectivity index (χ4v) is 3.91. The largest absolute Gasteiger partial charge is 0.385 e. The van der Waals surface area contributed by atoms with Gasteiger partial charge in [0.05, 0.1) is 12.3 Å². The highest BCUT2D eigenvalue weighted by Crippen LogP contribution is 2.25. The first-order valence-electron chi connectivity index (χ1n) is 9.59. The van der Waals surface area contributed by atoms with Crippen LogP contribution in [0, 0.1) is 5.92 Å². The number of carbonyl (C=O) groups is 1. The van der Waals surface area contributed by atoms with Crippen LogP contribution in [0.3, 0.4) is 0 Å². The number of hydrogen-bond donors (Lipinski definition) is 1. The van der Waals surface area contributed by atoms with E-state index in [2.05, 4.69) is 10.4 Å². The molecule has 142 valence electrons. The molecule has 1 saturated carbocycles. The Morgan fingerprint density at radius 1 is 1.27 bits per heavy atom. The maximum Gasteiger partial charge on any atom is 0.338 e. The molecule has 3 rings (SSSR count). The van der Waals surface area contributed by atoms with E-state index in [1.807, 2.05) is 24.3 Å². The minimum Gasteiger partial charge on any atom is -0.385 e. The number of benzene rings is 1. The fraction of sp³-hybridized carbons (Fsp3) is 0.600. The molecular weight excluding hydrogens is 350 g/mol. The summed E-state index contributed by atoms with van der Waals surface area (Å²) in [6, 6.07) is 7.92. The molecule has 1 heterocycles. The normalized spacial score (nSPS) is 20.9. The maximum atomic E-state index is 12.7. The lowest BCUT2D eigenvalue weighted by Crippen LogP contribution is -2.43. The van der Waals surface area contributed by atoms with Gasteiger partial charge in [-0.3, -0.25) is 0 Å². The van der Waals surface area contributed by atoms with Crippen molar-refractivity contribution in [3.8, 4) is 0 Å². The van der Waals surface area contributed by atoms with Gasteiger partial charge in [0, 0.05) is 30.7 Å². The summed E-state index contributed by atoms with van der Waals surface area (Å²) in [5.74, 6) is 0.225. The number of nitrogens with one attached hydrogen (secondary N) is 1. The highest BCUT2D eigenvalue weighted by molar-refractivity contribution is 6.30. The smallest absolute Gasteiger partial charge is 0.338 e. The molecule has 2 aliphatic rings. The van der Waals surface area contributed by atoms with Crippen LogP contribution in [0.1, 0.15) is 50.5 Å². The number of amides is 2. The highest BCUT2D eigenvalue weighted by atomic mass is 35.5. The van der Waals surface area contributed by atoms with Gasteiger partial charge in [-0.2, -0.15) is 5.10 Å². The topological polar surface area (TPSA) is 53.9 Å². The van der Waals surface area contributed by atoms with Crippen molar-refractivity contribution in [2.24, 2.45) is 11.0 Å². The number of hydrogen-bond acceptors (Lipinski definition) is 3. The monoisotopic (exact) mass is 377 g/mol. The second-order valence-electron chi connectivity index (χ2n) is 7.19. The predicted octanol–water partition coefficient (Wildman–Crippen LogP) is 4.44. The van der Waals surface area contributed by atoms with Crippen molar-refractivity contribution in [3.05, 3.63) is 34.9 Å². The van der Waals surface area contributed by atoms with Gasteiger partial charge in [0.2, 0.25) is 0 Å². The molecule has 1 unspecified atom stereocenters. The molecule has 6 heteroatoms. The SMILES string of the molecule is COCCCC1CN(C(=O)NC2CCCCC2)N=C1c1ccc(Cl)cc1. The summed E-state index contributed by atoms with van der Waals surface area (Å²) in [6.07, 6.45) is 7.72. The summed E-state index contributed by atoms with van der Waals surface area (Å²) < 4.78 is 5.18. The van der Waals surface area contributed by atoms with Gasteiger partial charge >= 0.3 is 6.03 Å². The molecule has 26 heavy (non-hydrogen) atoms. The summed E-state index contributed by atoms with van der Waals surface area (Å²) in [4.78, 5) is 12.7. The van der Waals surface area contributed by atoms with Gasteiger partial charge in [-0.1, -0.05) is 43.0 Å². The predicted molar refractivity (Wildman–Crippen MR) is 105 cm³/mol. The number of ether oxygens (including phenoxy) is 1. The third kappa shape index (κ3) is 4.98. The first-order valence-corrected chi connectivity index (χ1v) is 9.96. The van der Waals surface area contributed by atoms with Crippen LogP contribution in [-0.2, 0) is 4.74 Å². The number of halogens is 1. The summed E-state index contributed by atoms with van der Waals surface area (Å²) in [5.41, 5.74) is 2.00. The van der Waals surface area contributed by atoms with Crippen molar-refractivity contribution >= 4 is 23.3 Å². The van der Waals surface area contributed by atoms with E-state index in [-0.39, 0.29) is 18.0 Å². The Kier molecular flexibility index (Phi) is 6.92. The van der Waals surface area contributed by atoms with E-state index in [0.29, 0.717) is 11.6 Å². The van der Waals surface area contributed by atoms with Crippen LogP contribution in [-0.4, -0.2) is 43.1 Å². The molecule has 1 aromatic carbocycles. The lowest BCUT2D eigenvalue weighted by molar-refractivity contribution is 0.183. The Bertz CT molecular complexity index is 626. The Morgan fingerprint density at radius 3 is 2.69 bits per heavy atom. The van der Waals surface area contributed by atoms with Gasteiger partial charge in [-0.05, 0) is 43.4 Å². The Morgan fingerprint density at radius 2 is 2.00 bits per heavy atom. The van der Waals surface area contributed by atoms with Crippen molar-refractivity contribution in [1.82, 2.24) is 10.3 Å². The number of methoxy groups -OCH3 is 1. The van der Waals surface area contributed by atoms with Gasteiger partial charge in [0.15, 0.2) is 0 Å². The van der Waals surface area contributed by atoms with E-state index >= 15 is 0 Å². The molecule has 0 spiro atoms. The van der Waals surface area contributed by atoms with Crippen molar-refractivity contribution in [3.63, 3.8) is 0 Å². The number of hydrazone groups is 1. The number of urea groups is 1. The first-order chi connectivity index (χ1) is 12.7. The average Bonchev–Trinajstić information content (AvgIpc) is 3.08. The highest BCUT2D eigenvalue weighted by Gasteiger charge is 2.31. The number of nitrogens with zero attached hydrogens (tertiary/aromatic N) is 2. The molecule has 1 fully saturated rings. The third-order valence-corrected chi connectivity index (χ3v) is 5.47. The van der Waals surface area contributed by atoms with Gasteiger partial charge in [-0.25, -0.2) is 9.80 Å². The zero-order valence-corrected chi connectivity index (χ0v) is 16.2. The van der Waals surface area contributed by atoms with E-state index < -0.39 is 0 Å². The molecular formula is C20H28ClN3O2. The molecule has 0 aromatic heterocycles. The molecule has 0 radical (unpaired) electrons. The summed E-state index contributed by atoms with van der Waals surface area (Å²) >= 11 is 6.01. The van der Waals surface area contributed by atoms with Crippen molar-refractivity contribution in [2.75, 3.05) is 20.3 Å². The Hall–Kier alpha value is -1.59. The van der Waals surface area contributed by atoms with Crippen LogP contribution in [0.15, 0.2) is 29.4 Å². The number of carbonyl (C=O) groups excluding carboxylic acids is 1. The molecule has 1 aromatic rings. The molecule has 0 saturated heterocycles. The van der Waals surface area contributed by atoms with Crippen LogP contribution in [0.2, 0.25) is 5.02 Å². The zero-order chi connectivity index (χ0) is 18.4. The van der Waals surface area contributed by atoms with Crippen LogP contribution in [0.5, 0.6) is 0 Å². The quantitative estimate of drug-likeness (QED) is 0.745. The second-order valence-corrected chi connectivity index (χ2v) is 7.63. The van der Waals surface area contributed by atoms with Crippen LogP contribution in [0.25, 0.3) is 0 Å². The summed E-state index contributed by atoms with van der Waals surface area (Å²) in [5, 5.41) is 10.1. The minimum atomic E-state index is -0.0717. The minimum absolute atomic E-state index is 0.0717. The summed E-state index contributed by atoms with van der Waals surface area (Å²) in [6.45, 7) is 1.35. The molecule has 1 atom stereocenters. The van der Waals surface area contributed by atoms with Crippen LogP contribution >= 0.6 is 11.6 Å². The maximum absolute atomic E-state index is 12.7. The second kappa shape index (κ2) is 9.38. The van der Waals surface area contributed by atoms with Crippen molar-refractivity contribution in [1.29, 1.82) is 0 Å². The van der Waals surface area contributed by atoms with Gasteiger partial charge in [-0.15, -0.1) is 0 Å². The van der Waals surface area contributed by atoms with Crippen molar-refractivity contribution in [2.45, 2.75) is 51.0 Å². The molecule has 1 N–H and O–H groups in total. The van der Waals surface area contributed by atoms with Gasteiger partial charge in [0.1, 0.15) is 0 Å². The molecule has 1 aliphatic heterocycles. The standard InChI is InChI=1S/C20H28ClN3O2/c1-26-13-5-6-16-14-24(20(25)22-18-7-3-2-4-8-18)23-19(16)15-9-11-17(21)12-10-15/h9-12,16,18H,2-8,13-14H2,1H3,(H,22,25). The number of rotatable bonds is 6. The average molecular weight is 378 g/mol. The van der Waals surface area contributed by atoms with E-state index in [1.54, 1.807) is 12.1 Å².